The van der Waals surface area contributed by atoms with Gasteiger partial charge in [0, 0.05) is 51.4 Å². The first-order chi connectivity index (χ1) is 15.2. The standard InChI is InChI=1S/C20H25N5O6S/c1-3-23(4-2)32(30,31)16-9-10-18(20(15-16)25(28)29)22-13-11-21(12-14-22)17-7-5-6-8-19(17)24(26)27/h5-10,15H,3-4,11-14H2,1-2H3. The van der Waals surface area contributed by atoms with Crippen LogP contribution in [0.2, 0.25) is 0 Å². The quantitative estimate of drug-likeness (QED) is 0.431. The number of hydrogen-bond acceptors (Lipinski definition) is 8. The Hall–Kier alpha value is -3.25. The maximum Gasteiger partial charge on any atom is 0.293 e. The van der Waals surface area contributed by atoms with E-state index in [1.807, 2.05) is 4.90 Å². The molecule has 1 aliphatic rings. The van der Waals surface area contributed by atoms with Crippen LogP contribution in [-0.2, 0) is 10.0 Å². The molecule has 2 aromatic rings. The Bertz CT molecular complexity index is 1110. The molecule has 2 aromatic carbocycles. The predicted molar refractivity (Wildman–Crippen MR) is 121 cm³/mol. The van der Waals surface area contributed by atoms with Gasteiger partial charge < -0.3 is 9.80 Å². The zero-order chi connectivity index (χ0) is 23.5. The zero-order valence-corrected chi connectivity index (χ0v) is 18.7. The smallest absolute Gasteiger partial charge is 0.293 e. The summed E-state index contributed by atoms with van der Waals surface area (Å²) in [6, 6.07) is 10.4. The van der Waals surface area contributed by atoms with Gasteiger partial charge >= 0.3 is 0 Å². The lowest BCUT2D eigenvalue weighted by Gasteiger charge is -2.36. The Morgan fingerprint density at radius 1 is 0.844 bits per heavy atom. The molecule has 0 amide bonds. The summed E-state index contributed by atoms with van der Waals surface area (Å²) in [5, 5.41) is 23.1. The van der Waals surface area contributed by atoms with Crippen molar-refractivity contribution in [3.8, 4) is 0 Å². The summed E-state index contributed by atoms with van der Waals surface area (Å²) in [4.78, 5) is 25.6. The number of rotatable bonds is 8. The Morgan fingerprint density at radius 3 is 1.84 bits per heavy atom. The molecule has 1 aliphatic heterocycles. The molecule has 0 unspecified atom stereocenters. The summed E-state index contributed by atoms with van der Waals surface area (Å²) in [5.74, 6) is 0. The normalized spacial score (nSPS) is 14.6. The maximum atomic E-state index is 12.8. The third-order valence-corrected chi connectivity index (χ3v) is 7.57. The second-order valence-electron chi connectivity index (χ2n) is 7.22. The van der Waals surface area contributed by atoms with Crippen molar-refractivity contribution in [1.29, 1.82) is 0 Å². The predicted octanol–water partition coefficient (Wildman–Crippen LogP) is 2.86. The number of sulfonamides is 1. The molecule has 0 radical (unpaired) electrons. The zero-order valence-electron chi connectivity index (χ0n) is 17.9. The third-order valence-electron chi connectivity index (χ3n) is 5.53. The lowest BCUT2D eigenvalue weighted by molar-refractivity contribution is -0.384. The van der Waals surface area contributed by atoms with E-state index in [4.69, 9.17) is 0 Å². The van der Waals surface area contributed by atoms with E-state index in [-0.39, 0.29) is 29.4 Å². The Morgan fingerprint density at radius 2 is 1.34 bits per heavy atom. The SMILES string of the molecule is CCN(CC)S(=O)(=O)c1ccc(N2CCN(c3ccccc3[N+](=O)[O-])CC2)c([N+](=O)[O-])c1. The second-order valence-corrected chi connectivity index (χ2v) is 9.15. The average Bonchev–Trinajstić information content (AvgIpc) is 2.79. The molecular formula is C20H25N5O6S. The topological polar surface area (TPSA) is 130 Å². The van der Waals surface area contributed by atoms with Crippen molar-refractivity contribution in [2.24, 2.45) is 0 Å². The Labute approximate surface area is 186 Å². The molecule has 0 atom stereocenters. The van der Waals surface area contributed by atoms with Gasteiger partial charge in [-0.3, -0.25) is 20.2 Å². The van der Waals surface area contributed by atoms with Crippen LogP contribution in [0, 0.1) is 20.2 Å². The highest BCUT2D eigenvalue weighted by Crippen LogP contribution is 2.34. The van der Waals surface area contributed by atoms with E-state index in [1.165, 1.54) is 22.5 Å². The van der Waals surface area contributed by atoms with Crippen molar-refractivity contribution < 1.29 is 18.3 Å². The number of nitro benzene ring substituents is 2. The van der Waals surface area contributed by atoms with Crippen LogP contribution in [0.25, 0.3) is 0 Å². The molecule has 11 nitrogen and oxygen atoms in total. The fourth-order valence-electron chi connectivity index (χ4n) is 3.86. The number of nitro groups is 2. The van der Waals surface area contributed by atoms with E-state index in [0.29, 0.717) is 37.6 Å². The van der Waals surface area contributed by atoms with Gasteiger partial charge in [-0.25, -0.2) is 8.42 Å². The van der Waals surface area contributed by atoms with E-state index in [2.05, 4.69) is 0 Å². The van der Waals surface area contributed by atoms with Crippen LogP contribution in [0.4, 0.5) is 22.7 Å². The fourth-order valence-corrected chi connectivity index (χ4v) is 5.34. The maximum absolute atomic E-state index is 12.8. The molecule has 0 aliphatic carbocycles. The van der Waals surface area contributed by atoms with Gasteiger partial charge in [0.2, 0.25) is 10.0 Å². The van der Waals surface area contributed by atoms with Gasteiger partial charge in [-0.05, 0) is 18.2 Å². The Balaban J connectivity index is 1.86. The molecule has 0 bridgehead atoms. The molecular weight excluding hydrogens is 438 g/mol. The number of hydrogen-bond donors (Lipinski definition) is 0. The number of nitrogens with zero attached hydrogens (tertiary/aromatic N) is 5. The minimum atomic E-state index is -3.82. The fraction of sp³-hybridized carbons (Fsp3) is 0.400. The molecule has 3 rings (SSSR count). The van der Waals surface area contributed by atoms with E-state index < -0.39 is 19.9 Å². The Kier molecular flexibility index (Phi) is 6.94. The molecule has 12 heteroatoms. The van der Waals surface area contributed by atoms with Crippen LogP contribution in [0.15, 0.2) is 47.4 Å². The molecule has 0 saturated carbocycles. The average molecular weight is 464 g/mol. The van der Waals surface area contributed by atoms with Crippen LogP contribution >= 0.6 is 0 Å². The molecule has 1 saturated heterocycles. The van der Waals surface area contributed by atoms with Gasteiger partial charge in [0.05, 0.1) is 14.7 Å². The summed E-state index contributed by atoms with van der Waals surface area (Å²) in [6.45, 7) is 5.61. The molecule has 32 heavy (non-hydrogen) atoms. The minimum absolute atomic E-state index is 0.0119. The van der Waals surface area contributed by atoms with Gasteiger partial charge in [-0.1, -0.05) is 26.0 Å². The summed E-state index contributed by atoms with van der Waals surface area (Å²) >= 11 is 0. The van der Waals surface area contributed by atoms with Crippen molar-refractivity contribution >= 4 is 32.8 Å². The van der Waals surface area contributed by atoms with Crippen LogP contribution in [-0.4, -0.2) is 61.8 Å². The highest BCUT2D eigenvalue weighted by molar-refractivity contribution is 7.89. The van der Waals surface area contributed by atoms with Crippen molar-refractivity contribution in [2.45, 2.75) is 18.7 Å². The largest absolute Gasteiger partial charge is 0.362 e. The lowest BCUT2D eigenvalue weighted by atomic mass is 10.2. The van der Waals surface area contributed by atoms with Gasteiger partial charge in [0.15, 0.2) is 0 Å². The highest BCUT2D eigenvalue weighted by Gasteiger charge is 2.30. The molecule has 0 aromatic heterocycles. The van der Waals surface area contributed by atoms with Crippen molar-refractivity contribution in [1.82, 2.24) is 4.31 Å². The van der Waals surface area contributed by atoms with Gasteiger partial charge in [-0.2, -0.15) is 4.31 Å². The monoisotopic (exact) mass is 463 g/mol. The van der Waals surface area contributed by atoms with E-state index in [1.54, 1.807) is 36.9 Å². The first-order valence-electron chi connectivity index (χ1n) is 10.2. The van der Waals surface area contributed by atoms with Crippen LogP contribution < -0.4 is 9.80 Å². The number of benzene rings is 2. The number of anilines is 2. The molecule has 1 heterocycles. The lowest BCUT2D eigenvalue weighted by Crippen LogP contribution is -2.46. The minimum Gasteiger partial charge on any atom is -0.362 e. The van der Waals surface area contributed by atoms with Crippen LogP contribution in [0.5, 0.6) is 0 Å². The van der Waals surface area contributed by atoms with Crippen molar-refractivity contribution in [2.75, 3.05) is 49.1 Å². The van der Waals surface area contributed by atoms with Gasteiger partial charge in [0.1, 0.15) is 11.4 Å². The molecule has 1 fully saturated rings. The third kappa shape index (κ3) is 4.50. The van der Waals surface area contributed by atoms with Gasteiger partial charge in [-0.15, -0.1) is 0 Å². The first kappa shape index (κ1) is 23.4. The molecule has 172 valence electrons. The summed E-state index contributed by atoms with van der Waals surface area (Å²) < 4.78 is 26.8. The van der Waals surface area contributed by atoms with Crippen LogP contribution in [0.3, 0.4) is 0 Å². The summed E-state index contributed by atoms with van der Waals surface area (Å²) in [5.41, 5.74) is 0.568. The van der Waals surface area contributed by atoms with Crippen molar-refractivity contribution in [3.63, 3.8) is 0 Å². The van der Waals surface area contributed by atoms with E-state index in [0.717, 1.165) is 6.07 Å². The van der Waals surface area contributed by atoms with Crippen molar-refractivity contribution in [3.05, 3.63) is 62.7 Å². The highest BCUT2D eigenvalue weighted by atomic mass is 32.2. The molecule has 0 N–H and O–H groups in total. The second kappa shape index (κ2) is 9.49. The molecule has 0 spiro atoms. The number of piperazine rings is 1. The van der Waals surface area contributed by atoms with Crippen LogP contribution in [0.1, 0.15) is 13.8 Å². The summed E-state index contributed by atoms with van der Waals surface area (Å²) in [7, 11) is -3.82. The van der Waals surface area contributed by atoms with E-state index in [9.17, 15) is 28.6 Å². The van der Waals surface area contributed by atoms with E-state index >= 15 is 0 Å². The van der Waals surface area contributed by atoms with Gasteiger partial charge in [0.25, 0.3) is 11.4 Å². The first-order valence-corrected chi connectivity index (χ1v) is 11.7. The number of para-hydroxylation sites is 2. The summed E-state index contributed by atoms with van der Waals surface area (Å²) in [6.07, 6.45) is 0.